The molecule has 1 amide bonds. The summed E-state index contributed by atoms with van der Waals surface area (Å²) in [4.78, 5) is 16.3. The average Bonchev–Trinajstić information content (AvgIpc) is 2.65. The maximum absolute atomic E-state index is 12.1. The van der Waals surface area contributed by atoms with E-state index in [9.17, 15) is 4.79 Å². The van der Waals surface area contributed by atoms with Crippen LogP contribution in [0.4, 0.5) is 5.69 Å². The number of benzene rings is 2. The first-order chi connectivity index (χ1) is 12.2. The lowest BCUT2D eigenvalue weighted by Gasteiger charge is -2.11. The summed E-state index contributed by atoms with van der Waals surface area (Å²) in [7, 11) is 1.59. The summed E-state index contributed by atoms with van der Waals surface area (Å²) in [6.07, 6.45) is 1.55. The quantitative estimate of drug-likeness (QED) is 0.749. The second-order valence-corrected chi connectivity index (χ2v) is 5.46. The van der Waals surface area contributed by atoms with Gasteiger partial charge in [-0.3, -0.25) is 4.79 Å². The van der Waals surface area contributed by atoms with Crippen molar-refractivity contribution < 1.29 is 14.3 Å². The van der Waals surface area contributed by atoms with Gasteiger partial charge in [-0.1, -0.05) is 24.3 Å². The largest absolute Gasteiger partial charge is 0.493 e. The van der Waals surface area contributed by atoms with Crippen molar-refractivity contribution >= 4 is 11.6 Å². The summed E-state index contributed by atoms with van der Waals surface area (Å²) in [5, 5.41) is 2.80. The van der Waals surface area contributed by atoms with Crippen LogP contribution in [-0.2, 0) is 0 Å². The number of hydrogen-bond donors (Lipinski definition) is 1. The van der Waals surface area contributed by atoms with Gasteiger partial charge in [0.15, 0.2) is 11.5 Å². The van der Waals surface area contributed by atoms with Crippen molar-refractivity contribution in [2.24, 2.45) is 0 Å². The van der Waals surface area contributed by atoms with Gasteiger partial charge >= 0.3 is 0 Å². The van der Waals surface area contributed by atoms with Crippen LogP contribution in [0, 0.1) is 6.92 Å². The van der Waals surface area contributed by atoms with Crippen LogP contribution in [-0.4, -0.2) is 18.0 Å². The minimum atomic E-state index is -0.184. The Morgan fingerprint density at radius 1 is 1.00 bits per heavy atom. The normalized spacial score (nSPS) is 10.2. The number of pyridine rings is 1. The summed E-state index contributed by atoms with van der Waals surface area (Å²) in [6, 6.07) is 18.1. The number of ether oxygens (including phenoxy) is 2. The van der Waals surface area contributed by atoms with Crippen molar-refractivity contribution in [3.8, 4) is 17.4 Å². The van der Waals surface area contributed by atoms with Crippen LogP contribution in [0.25, 0.3) is 0 Å². The molecule has 0 saturated carbocycles. The Hall–Kier alpha value is -3.34. The highest BCUT2D eigenvalue weighted by atomic mass is 16.5. The Kier molecular flexibility index (Phi) is 4.95. The molecule has 1 N–H and O–H groups in total. The van der Waals surface area contributed by atoms with Gasteiger partial charge in [-0.05, 0) is 42.8 Å². The minimum Gasteiger partial charge on any atom is -0.493 e. The van der Waals surface area contributed by atoms with Crippen LogP contribution in [0.1, 0.15) is 15.9 Å². The Bertz CT molecular complexity index is 862. The SMILES string of the molecule is COc1cc(C)ccc1Oc1ccc(NC(=O)c2ccccc2)cn1. The van der Waals surface area contributed by atoms with Crippen LogP contribution in [0.15, 0.2) is 66.9 Å². The highest BCUT2D eigenvalue weighted by Crippen LogP contribution is 2.31. The minimum absolute atomic E-state index is 0.184. The third-order valence-corrected chi connectivity index (χ3v) is 3.56. The van der Waals surface area contributed by atoms with Crippen molar-refractivity contribution in [2.45, 2.75) is 6.92 Å². The van der Waals surface area contributed by atoms with E-state index >= 15 is 0 Å². The van der Waals surface area contributed by atoms with Gasteiger partial charge in [0.05, 0.1) is 19.0 Å². The summed E-state index contributed by atoms with van der Waals surface area (Å²) < 4.78 is 11.1. The van der Waals surface area contributed by atoms with Crippen molar-refractivity contribution in [1.82, 2.24) is 4.98 Å². The number of methoxy groups -OCH3 is 1. The van der Waals surface area contributed by atoms with E-state index in [0.717, 1.165) is 5.56 Å². The van der Waals surface area contributed by atoms with Crippen molar-refractivity contribution in [3.63, 3.8) is 0 Å². The summed E-state index contributed by atoms with van der Waals surface area (Å²) in [5.41, 5.74) is 2.26. The zero-order chi connectivity index (χ0) is 17.6. The number of aryl methyl sites for hydroxylation is 1. The monoisotopic (exact) mass is 334 g/mol. The topological polar surface area (TPSA) is 60.5 Å². The molecule has 25 heavy (non-hydrogen) atoms. The lowest BCUT2D eigenvalue weighted by atomic mass is 10.2. The number of carbonyl (C=O) groups excluding carboxylic acids is 1. The fraction of sp³-hybridized carbons (Fsp3) is 0.100. The van der Waals surface area contributed by atoms with Crippen molar-refractivity contribution in [2.75, 3.05) is 12.4 Å². The fourth-order valence-corrected chi connectivity index (χ4v) is 2.28. The highest BCUT2D eigenvalue weighted by Gasteiger charge is 2.08. The molecule has 0 unspecified atom stereocenters. The third kappa shape index (κ3) is 4.14. The molecule has 0 atom stereocenters. The first kappa shape index (κ1) is 16.5. The van der Waals surface area contributed by atoms with Gasteiger partial charge in [0.1, 0.15) is 0 Å². The van der Waals surface area contributed by atoms with Crippen LogP contribution in [0.3, 0.4) is 0 Å². The predicted molar refractivity (Wildman–Crippen MR) is 96.4 cm³/mol. The molecule has 0 spiro atoms. The van der Waals surface area contributed by atoms with Gasteiger partial charge in [-0.15, -0.1) is 0 Å². The van der Waals surface area contributed by atoms with Crippen LogP contribution in [0.5, 0.6) is 17.4 Å². The third-order valence-electron chi connectivity index (χ3n) is 3.56. The molecule has 0 fully saturated rings. The summed E-state index contributed by atoms with van der Waals surface area (Å²) >= 11 is 0. The van der Waals surface area contributed by atoms with E-state index in [1.54, 1.807) is 37.6 Å². The molecule has 126 valence electrons. The molecule has 0 aliphatic rings. The van der Waals surface area contributed by atoms with Crippen molar-refractivity contribution in [3.05, 3.63) is 78.0 Å². The molecular weight excluding hydrogens is 316 g/mol. The molecular formula is C20H18N2O3. The Morgan fingerprint density at radius 3 is 2.48 bits per heavy atom. The molecule has 3 rings (SSSR count). The smallest absolute Gasteiger partial charge is 0.255 e. The molecule has 0 radical (unpaired) electrons. The molecule has 5 nitrogen and oxygen atoms in total. The molecule has 0 saturated heterocycles. The average molecular weight is 334 g/mol. The van der Waals surface area contributed by atoms with E-state index in [2.05, 4.69) is 10.3 Å². The van der Waals surface area contributed by atoms with E-state index in [-0.39, 0.29) is 5.91 Å². The molecule has 1 heterocycles. The molecule has 2 aromatic carbocycles. The second kappa shape index (κ2) is 7.49. The van der Waals surface area contributed by atoms with E-state index in [0.29, 0.717) is 28.6 Å². The molecule has 0 aliphatic carbocycles. The first-order valence-electron chi connectivity index (χ1n) is 7.80. The predicted octanol–water partition coefficient (Wildman–Crippen LogP) is 4.44. The van der Waals surface area contributed by atoms with Crippen LogP contribution in [0.2, 0.25) is 0 Å². The van der Waals surface area contributed by atoms with E-state index in [4.69, 9.17) is 9.47 Å². The molecule has 0 bridgehead atoms. The number of hydrogen-bond acceptors (Lipinski definition) is 4. The van der Waals surface area contributed by atoms with Gasteiger partial charge in [-0.25, -0.2) is 4.98 Å². The Labute approximate surface area is 146 Å². The summed E-state index contributed by atoms with van der Waals surface area (Å²) in [6.45, 7) is 1.98. The van der Waals surface area contributed by atoms with E-state index in [1.807, 2.05) is 43.3 Å². The zero-order valence-corrected chi connectivity index (χ0v) is 14.0. The first-order valence-corrected chi connectivity index (χ1v) is 7.80. The number of rotatable bonds is 5. The summed E-state index contributed by atoms with van der Waals surface area (Å²) in [5.74, 6) is 1.46. The number of nitrogens with one attached hydrogen (secondary N) is 1. The fourth-order valence-electron chi connectivity index (χ4n) is 2.28. The number of carbonyl (C=O) groups is 1. The number of aromatic nitrogens is 1. The molecule has 3 aromatic rings. The lowest BCUT2D eigenvalue weighted by Crippen LogP contribution is -2.11. The van der Waals surface area contributed by atoms with Crippen LogP contribution >= 0.6 is 0 Å². The van der Waals surface area contributed by atoms with Crippen LogP contribution < -0.4 is 14.8 Å². The van der Waals surface area contributed by atoms with Gasteiger partial charge < -0.3 is 14.8 Å². The van der Waals surface area contributed by atoms with Gasteiger partial charge in [0, 0.05) is 11.6 Å². The van der Waals surface area contributed by atoms with Gasteiger partial charge in [0.25, 0.3) is 5.91 Å². The van der Waals surface area contributed by atoms with E-state index in [1.165, 1.54) is 0 Å². The molecule has 1 aromatic heterocycles. The second-order valence-electron chi connectivity index (χ2n) is 5.46. The zero-order valence-electron chi connectivity index (χ0n) is 14.0. The maximum Gasteiger partial charge on any atom is 0.255 e. The molecule has 0 aliphatic heterocycles. The number of amides is 1. The Morgan fingerprint density at radius 2 is 1.80 bits per heavy atom. The standard InChI is InChI=1S/C20H18N2O3/c1-14-8-10-17(18(12-14)24-2)25-19-11-9-16(13-21-19)22-20(23)15-6-4-3-5-7-15/h3-13H,1-2H3,(H,22,23). The Balaban J connectivity index is 1.69. The van der Waals surface area contributed by atoms with E-state index < -0.39 is 0 Å². The highest BCUT2D eigenvalue weighted by molar-refractivity contribution is 6.04. The molecule has 5 heteroatoms. The maximum atomic E-state index is 12.1. The van der Waals surface area contributed by atoms with Gasteiger partial charge in [-0.2, -0.15) is 0 Å². The van der Waals surface area contributed by atoms with Crippen molar-refractivity contribution in [1.29, 1.82) is 0 Å². The number of nitrogens with zero attached hydrogens (tertiary/aromatic N) is 1. The van der Waals surface area contributed by atoms with Gasteiger partial charge in [0.2, 0.25) is 5.88 Å². The number of anilines is 1. The lowest BCUT2D eigenvalue weighted by molar-refractivity contribution is 0.102.